The first kappa shape index (κ1) is 16.0. The zero-order valence-corrected chi connectivity index (χ0v) is 12.4. The Labute approximate surface area is 115 Å². The monoisotopic (exact) mass is 270 g/mol. The van der Waals surface area contributed by atoms with Crippen LogP contribution in [0, 0.1) is 11.3 Å². The summed E-state index contributed by atoms with van der Waals surface area (Å²) in [5, 5.41) is 0. The molecule has 1 saturated carbocycles. The summed E-state index contributed by atoms with van der Waals surface area (Å²) in [6.07, 6.45) is 5.59. The maximum atomic E-state index is 11.4. The van der Waals surface area contributed by atoms with Gasteiger partial charge < -0.3 is 9.47 Å². The predicted molar refractivity (Wildman–Crippen MR) is 72.6 cm³/mol. The van der Waals surface area contributed by atoms with E-state index in [0.29, 0.717) is 24.5 Å². The topological polar surface area (TPSA) is 52.6 Å². The number of rotatable bonds is 6. The van der Waals surface area contributed by atoms with Gasteiger partial charge in [-0.2, -0.15) is 0 Å². The van der Waals surface area contributed by atoms with Gasteiger partial charge in [-0.05, 0) is 37.5 Å². The van der Waals surface area contributed by atoms with Crippen LogP contribution in [0.5, 0.6) is 0 Å². The Balaban J connectivity index is 2.16. The van der Waals surface area contributed by atoms with Crippen molar-refractivity contribution in [3.63, 3.8) is 0 Å². The number of ether oxygens (including phenoxy) is 2. The van der Waals surface area contributed by atoms with Gasteiger partial charge in [0.1, 0.15) is 6.42 Å². The van der Waals surface area contributed by atoms with Crippen molar-refractivity contribution in [1.82, 2.24) is 0 Å². The van der Waals surface area contributed by atoms with Gasteiger partial charge in [0.2, 0.25) is 0 Å². The van der Waals surface area contributed by atoms with Crippen molar-refractivity contribution < 1.29 is 19.1 Å². The molecule has 110 valence electrons. The summed E-state index contributed by atoms with van der Waals surface area (Å²) in [6.45, 7) is 7.02. The number of hydrogen-bond donors (Lipinski definition) is 0. The summed E-state index contributed by atoms with van der Waals surface area (Å²) in [5.41, 5.74) is 0.415. The summed E-state index contributed by atoms with van der Waals surface area (Å²) >= 11 is 0. The van der Waals surface area contributed by atoms with E-state index in [1.54, 1.807) is 6.92 Å². The average Bonchev–Trinajstić information content (AvgIpc) is 2.27. The SMILES string of the molecule is CCOC(=O)CC(=O)OCC[C@H]1CCCC(C)(C)C1. The Morgan fingerprint density at radius 2 is 1.89 bits per heavy atom. The second-order valence-corrected chi connectivity index (χ2v) is 6.12. The van der Waals surface area contributed by atoms with Gasteiger partial charge in [0.25, 0.3) is 0 Å². The molecule has 1 atom stereocenters. The molecule has 0 unspecified atom stereocenters. The fraction of sp³-hybridized carbons (Fsp3) is 0.867. The molecule has 1 fully saturated rings. The molecule has 4 nitrogen and oxygen atoms in total. The zero-order chi connectivity index (χ0) is 14.3. The molecular weight excluding hydrogens is 244 g/mol. The van der Waals surface area contributed by atoms with E-state index in [4.69, 9.17) is 9.47 Å². The van der Waals surface area contributed by atoms with E-state index < -0.39 is 11.9 Å². The first-order chi connectivity index (χ1) is 8.93. The van der Waals surface area contributed by atoms with Gasteiger partial charge in [0.05, 0.1) is 13.2 Å². The van der Waals surface area contributed by atoms with E-state index in [2.05, 4.69) is 13.8 Å². The Hall–Kier alpha value is -1.06. The van der Waals surface area contributed by atoms with Crippen LogP contribution in [0.4, 0.5) is 0 Å². The number of carbonyl (C=O) groups is 2. The van der Waals surface area contributed by atoms with E-state index in [1.165, 1.54) is 25.7 Å². The van der Waals surface area contributed by atoms with E-state index in [-0.39, 0.29) is 6.42 Å². The molecule has 0 aromatic heterocycles. The van der Waals surface area contributed by atoms with E-state index in [1.807, 2.05) is 0 Å². The summed E-state index contributed by atoms with van der Waals surface area (Å²) in [7, 11) is 0. The van der Waals surface area contributed by atoms with Crippen molar-refractivity contribution in [2.24, 2.45) is 11.3 Å². The molecule has 0 spiro atoms. The first-order valence-electron chi connectivity index (χ1n) is 7.24. The maximum absolute atomic E-state index is 11.4. The van der Waals surface area contributed by atoms with Gasteiger partial charge in [0, 0.05) is 0 Å². The lowest BCUT2D eigenvalue weighted by molar-refractivity contribution is -0.154. The Kier molecular flexibility index (Phi) is 6.32. The molecule has 19 heavy (non-hydrogen) atoms. The largest absolute Gasteiger partial charge is 0.466 e. The second-order valence-electron chi connectivity index (χ2n) is 6.12. The molecule has 0 bridgehead atoms. The smallest absolute Gasteiger partial charge is 0.317 e. The molecule has 1 aliphatic rings. The molecule has 0 heterocycles. The number of carbonyl (C=O) groups excluding carboxylic acids is 2. The molecule has 0 aliphatic heterocycles. The van der Waals surface area contributed by atoms with Crippen LogP contribution >= 0.6 is 0 Å². The lowest BCUT2D eigenvalue weighted by Crippen LogP contribution is -2.24. The van der Waals surface area contributed by atoms with Gasteiger partial charge in [-0.3, -0.25) is 9.59 Å². The lowest BCUT2D eigenvalue weighted by atomic mass is 9.71. The minimum Gasteiger partial charge on any atom is -0.466 e. The third-order valence-electron chi connectivity index (χ3n) is 3.69. The van der Waals surface area contributed by atoms with Crippen LogP contribution in [0.3, 0.4) is 0 Å². The van der Waals surface area contributed by atoms with E-state index >= 15 is 0 Å². The fourth-order valence-electron chi connectivity index (χ4n) is 2.82. The highest BCUT2D eigenvalue weighted by Gasteiger charge is 2.27. The molecule has 1 rings (SSSR count). The van der Waals surface area contributed by atoms with Crippen molar-refractivity contribution >= 4 is 11.9 Å². The Bertz CT molecular complexity index is 309. The number of hydrogen-bond acceptors (Lipinski definition) is 4. The number of esters is 2. The minimum atomic E-state index is -0.508. The molecular formula is C15H26O4. The molecule has 0 radical (unpaired) electrons. The first-order valence-corrected chi connectivity index (χ1v) is 7.24. The van der Waals surface area contributed by atoms with E-state index in [0.717, 1.165) is 6.42 Å². The van der Waals surface area contributed by atoms with Gasteiger partial charge in [-0.15, -0.1) is 0 Å². The minimum absolute atomic E-state index is 0.274. The van der Waals surface area contributed by atoms with Crippen LogP contribution in [0.15, 0.2) is 0 Å². The summed E-state index contributed by atoms with van der Waals surface area (Å²) in [4.78, 5) is 22.5. The van der Waals surface area contributed by atoms with Crippen LogP contribution in [0.2, 0.25) is 0 Å². The van der Waals surface area contributed by atoms with Gasteiger partial charge >= 0.3 is 11.9 Å². The fourth-order valence-corrected chi connectivity index (χ4v) is 2.82. The van der Waals surface area contributed by atoms with Crippen LogP contribution in [-0.2, 0) is 19.1 Å². The average molecular weight is 270 g/mol. The van der Waals surface area contributed by atoms with Crippen molar-refractivity contribution in [2.75, 3.05) is 13.2 Å². The highest BCUT2D eigenvalue weighted by atomic mass is 16.6. The molecule has 4 heteroatoms. The predicted octanol–water partition coefficient (Wildman–Crippen LogP) is 3.09. The van der Waals surface area contributed by atoms with Gasteiger partial charge in [-0.1, -0.05) is 26.7 Å². The third kappa shape index (κ3) is 6.60. The standard InChI is InChI=1S/C15H26O4/c1-4-18-13(16)10-14(17)19-9-7-12-6-5-8-15(2,3)11-12/h12H,4-11H2,1-3H3/t12-/m1/s1. The van der Waals surface area contributed by atoms with Gasteiger partial charge in [-0.25, -0.2) is 0 Å². The quantitative estimate of drug-likeness (QED) is 0.550. The molecule has 0 amide bonds. The Morgan fingerprint density at radius 1 is 1.21 bits per heavy atom. The summed E-state index contributed by atoms with van der Waals surface area (Å²) in [6, 6.07) is 0. The molecule has 0 aromatic rings. The third-order valence-corrected chi connectivity index (χ3v) is 3.69. The normalized spacial score (nSPS) is 21.7. The van der Waals surface area contributed by atoms with Crippen molar-refractivity contribution in [3.05, 3.63) is 0 Å². The lowest BCUT2D eigenvalue weighted by Gasteiger charge is -2.35. The zero-order valence-electron chi connectivity index (χ0n) is 12.4. The van der Waals surface area contributed by atoms with Gasteiger partial charge in [0.15, 0.2) is 0 Å². The Morgan fingerprint density at radius 3 is 2.53 bits per heavy atom. The maximum Gasteiger partial charge on any atom is 0.317 e. The van der Waals surface area contributed by atoms with Crippen LogP contribution in [0.1, 0.15) is 59.3 Å². The second kappa shape index (κ2) is 7.51. The highest BCUT2D eigenvalue weighted by Crippen LogP contribution is 2.39. The molecule has 1 aliphatic carbocycles. The van der Waals surface area contributed by atoms with E-state index in [9.17, 15) is 9.59 Å². The van der Waals surface area contributed by atoms with Crippen LogP contribution in [0.25, 0.3) is 0 Å². The molecule has 0 saturated heterocycles. The molecule has 0 aromatic carbocycles. The van der Waals surface area contributed by atoms with Crippen molar-refractivity contribution in [1.29, 1.82) is 0 Å². The highest BCUT2D eigenvalue weighted by molar-refractivity contribution is 5.91. The van der Waals surface area contributed by atoms with Crippen LogP contribution in [-0.4, -0.2) is 25.2 Å². The van der Waals surface area contributed by atoms with Crippen molar-refractivity contribution in [3.8, 4) is 0 Å². The van der Waals surface area contributed by atoms with Crippen LogP contribution < -0.4 is 0 Å². The summed E-state index contributed by atoms with van der Waals surface area (Å²) in [5.74, 6) is -0.348. The summed E-state index contributed by atoms with van der Waals surface area (Å²) < 4.78 is 9.79. The molecule has 0 N–H and O–H groups in total. The van der Waals surface area contributed by atoms with Crippen molar-refractivity contribution in [2.45, 2.75) is 59.3 Å².